The molecule has 0 spiro atoms. The molecule has 2 bridgehead atoms. The summed E-state index contributed by atoms with van der Waals surface area (Å²) in [5.74, 6) is -0.459. The Morgan fingerprint density at radius 1 is 1.24 bits per heavy atom. The molecule has 3 N–H and O–H groups in total. The van der Waals surface area contributed by atoms with E-state index in [-0.39, 0.29) is 12.6 Å². The molecule has 12 nitrogen and oxygen atoms in total. The van der Waals surface area contributed by atoms with E-state index in [1.54, 1.807) is 0 Å². The number of nitrogens with zero attached hydrogens (tertiary/aromatic N) is 3. The summed E-state index contributed by atoms with van der Waals surface area (Å²) < 4.78 is 35.0. The Kier molecular flexibility index (Phi) is 5.95. The number of carbonyl (C=O) groups excluding carboxylic acids is 2. The van der Waals surface area contributed by atoms with Crippen LogP contribution in [0, 0.1) is 0 Å². The van der Waals surface area contributed by atoms with Crippen LogP contribution in [-0.4, -0.2) is 96.7 Å². The number of urea groups is 1. The maximum absolute atomic E-state index is 12.5. The van der Waals surface area contributed by atoms with E-state index in [9.17, 15) is 18.0 Å². The summed E-state index contributed by atoms with van der Waals surface area (Å²) in [6.45, 7) is 3.67. The van der Waals surface area contributed by atoms with Crippen molar-refractivity contribution in [1.82, 2.24) is 25.7 Å². The molecule has 4 aliphatic heterocycles. The number of hydrogen-bond acceptors (Lipinski definition) is 8. The summed E-state index contributed by atoms with van der Waals surface area (Å²) in [6.07, 6.45) is 4.18. The highest BCUT2D eigenvalue weighted by Crippen LogP contribution is 2.30. The molecular formula is C16H27N5O7S. The van der Waals surface area contributed by atoms with Crippen LogP contribution in [0.25, 0.3) is 0 Å². The molecule has 0 radical (unpaired) electrons. The molecule has 0 aromatic heterocycles. The largest absolute Gasteiger partial charge is 0.418 e. The van der Waals surface area contributed by atoms with E-state index in [2.05, 4.69) is 20.0 Å². The average Bonchev–Trinajstić information content (AvgIpc) is 3.39. The molecule has 4 atom stereocenters. The van der Waals surface area contributed by atoms with Gasteiger partial charge in [0, 0.05) is 25.2 Å². The molecule has 0 aromatic rings. The summed E-state index contributed by atoms with van der Waals surface area (Å²) in [6, 6.07) is -1.41. The molecule has 4 aliphatic rings. The molecule has 0 aliphatic carbocycles. The van der Waals surface area contributed by atoms with E-state index in [1.165, 1.54) is 17.7 Å². The predicted molar refractivity (Wildman–Crippen MR) is 98.5 cm³/mol. The first-order valence-corrected chi connectivity index (χ1v) is 11.3. The third-order valence-electron chi connectivity index (χ3n) is 6.11. The number of nitrogens with one attached hydrogen (secondary N) is 2. The van der Waals surface area contributed by atoms with Crippen LogP contribution < -0.4 is 10.8 Å². The minimum Gasteiger partial charge on any atom is -0.310 e. The third kappa shape index (κ3) is 4.64. The summed E-state index contributed by atoms with van der Waals surface area (Å²) >= 11 is 0. The molecule has 3 amide bonds. The van der Waals surface area contributed by atoms with Gasteiger partial charge in [0.05, 0.1) is 12.6 Å². The van der Waals surface area contributed by atoms with Crippen LogP contribution >= 0.6 is 0 Å². The van der Waals surface area contributed by atoms with Crippen LogP contribution in [0.5, 0.6) is 0 Å². The minimum atomic E-state index is -4.81. The first-order chi connectivity index (χ1) is 13.8. The number of likely N-dealkylation sites (tertiary alicyclic amines) is 1. The normalized spacial score (nSPS) is 32.9. The first-order valence-electron chi connectivity index (χ1n) is 9.98. The van der Waals surface area contributed by atoms with Gasteiger partial charge in [0.1, 0.15) is 6.04 Å². The van der Waals surface area contributed by atoms with Crippen molar-refractivity contribution >= 4 is 22.3 Å². The monoisotopic (exact) mass is 433 g/mol. The quantitative estimate of drug-likeness (QED) is 0.336. The maximum Gasteiger partial charge on any atom is 0.418 e. The lowest BCUT2D eigenvalue weighted by Crippen LogP contribution is -2.50. The van der Waals surface area contributed by atoms with Gasteiger partial charge >= 0.3 is 16.4 Å². The van der Waals surface area contributed by atoms with Crippen molar-refractivity contribution < 1.29 is 31.7 Å². The molecule has 164 valence electrons. The Labute approximate surface area is 169 Å². The number of carbonyl (C=O) groups is 2. The number of rotatable bonds is 7. The minimum absolute atomic E-state index is 0.147. The highest BCUT2D eigenvalue weighted by atomic mass is 32.3. The molecule has 4 heterocycles. The second-order valence-electron chi connectivity index (χ2n) is 8.03. The Morgan fingerprint density at radius 3 is 2.72 bits per heavy atom. The molecule has 29 heavy (non-hydrogen) atoms. The summed E-state index contributed by atoms with van der Waals surface area (Å²) in [5.41, 5.74) is 2.42. The zero-order valence-corrected chi connectivity index (χ0v) is 16.8. The van der Waals surface area contributed by atoms with Gasteiger partial charge in [-0.1, -0.05) is 0 Å². The molecular weight excluding hydrogens is 406 g/mol. The summed E-state index contributed by atoms with van der Waals surface area (Å²) in [7, 11) is -4.81. The molecule has 0 saturated carbocycles. The zero-order chi connectivity index (χ0) is 20.6. The Morgan fingerprint density at radius 2 is 2.00 bits per heavy atom. The van der Waals surface area contributed by atoms with Crippen LogP contribution in [0.4, 0.5) is 4.79 Å². The number of piperidine rings is 1. The lowest BCUT2D eigenvalue weighted by molar-refractivity contribution is -0.139. The van der Waals surface area contributed by atoms with E-state index < -0.39 is 34.4 Å². The van der Waals surface area contributed by atoms with Gasteiger partial charge in [-0.15, -0.1) is 4.28 Å². The Hall–Kier alpha value is -1.51. The van der Waals surface area contributed by atoms with E-state index in [0.29, 0.717) is 30.6 Å². The van der Waals surface area contributed by atoms with Gasteiger partial charge < -0.3 is 10.2 Å². The molecule has 4 rings (SSSR count). The second-order valence-corrected chi connectivity index (χ2v) is 9.03. The number of hydroxylamine groups is 3. The van der Waals surface area contributed by atoms with Gasteiger partial charge in [0.25, 0.3) is 5.91 Å². The van der Waals surface area contributed by atoms with E-state index in [1.807, 2.05) is 0 Å². The van der Waals surface area contributed by atoms with Crippen LogP contribution in [-0.2, 0) is 24.3 Å². The number of fused-ring (bicyclic) bond motifs is 2. The second kappa shape index (κ2) is 8.32. The zero-order valence-electron chi connectivity index (χ0n) is 16.0. The Bertz CT molecular complexity index is 744. The van der Waals surface area contributed by atoms with E-state index in [4.69, 9.17) is 9.39 Å². The maximum atomic E-state index is 12.5. The fourth-order valence-electron chi connectivity index (χ4n) is 4.70. The Balaban J connectivity index is 1.23. The molecule has 0 unspecified atom stereocenters. The van der Waals surface area contributed by atoms with Crippen LogP contribution in [0.3, 0.4) is 0 Å². The summed E-state index contributed by atoms with van der Waals surface area (Å²) in [4.78, 5) is 33.9. The van der Waals surface area contributed by atoms with Gasteiger partial charge in [-0.05, 0) is 45.2 Å². The van der Waals surface area contributed by atoms with Crippen molar-refractivity contribution in [3.05, 3.63) is 0 Å². The van der Waals surface area contributed by atoms with Crippen molar-refractivity contribution in [3.63, 3.8) is 0 Å². The van der Waals surface area contributed by atoms with Crippen molar-refractivity contribution in [2.45, 2.75) is 56.3 Å². The van der Waals surface area contributed by atoms with Gasteiger partial charge in [0.15, 0.2) is 0 Å². The lowest BCUT2D eigenvalue weighted by atomic mass is 10.0. The standard InChI is InChI=1S/C16H27N5O7S/c22-15(18-27-10-11-7-13(8-17-11)19-5-1-2-6-19)14-4-3-12-9-20(14)16(23)21(12)28-29(24,25)26/h11-14,17H,1-10H2,(H,18,22)(H,24,25,26)/t11-,12+,13+,14-/m0/s1. The van der Waals surface area contributed by atoms with Gasteiger partial charge in [-0.25, -0.2) is 10.3 Å². The van der Waals surface area contributed by atoms with Crippen LogP contribution in [0.1, 0.15) is 32.1 Å². The first kappa shape index (κ1) is 20.8. The molecule has 13 heteroatoms. The smallest absolute Gasteiger partial charge is 0.310 e. The summed E-state index contributed by atoms with van der Waals surface area (Å²) in [5, 5.41) is 4.03. The topological polar surface area (TPSA) is 141 Å². The van der Waals surface area contributed by atoms with E-state index >= 15 is 0 Å². The SMILES string of the molecule is O=C(NOC[C@@H]1C[C@@H](N2CCCC2)CN1)[C@@H]1CC[C@@H]2CN1C(=O)N2OS(=O)(=O)O. The average molecular weight is 433 g/mol. The van der Waals surface area contributed by atoms with Crippen molar-refractivity contribution in [2.75, 3.05) is 32.8 Å². The highest BCUT2D eigenvalue weighted by molar-refractivity contribution is 7.80. The third-order valence-corrected chi connectivity index (χ3v) is 6.46. The van der Waals surface area contributed by atoms with Crippen LogP contribution in [0.15, 0.2) is 0 Å². The van der Waals surface area contributed by atoms with Crippen LogP contribution in [0.2, 0.25) is 0 Å². The van der Waals surface area contributed by atoms with Crippen molar-refractivity contribution in [1.29, 1.82) is 0 Å². The van der Waals surface area contributed by atoms with Gasteiger partial charge in [0.2, 0.25) is 0 Å². The van der Waals surface area contributed by atoms with Crippen molar-refractivity contribution in [2.24, 2.45) is 0 Å². The lowest BCUT2D eigenvalue weighted by Gasteiger charge is -2.29. The van der Waals surface area contributed by atoms with E-state index in [0.717, 1.165) is 26.1 Å². The van der Waals surface area contributed by atoms with Gasteiger partial charge in [-0.3, -0.25) is 19.1 Å². The number of amides is 3. The fraction of sp³-hybridized carbons (Fsp3) is 0.875. The molecule has 4 saturated heterocycles. The number of hydrogen-bond donors (Lipinski definition) is 3. The highest BCUT2D eigenvalue weighted by Gasteiger charge is 2.49. The molecule has 0 aromatic carbocycles. The van der Waals surface area contributed by atoms with Crippen molar-refractivity contribution in [3.8, 4) is 0 Å². The predicted octanol–water partition coefficient (Wildman–Crippen LogP) is -1.14. The fourth-order valence-corrected chi connectivity index (χ4v) is 5.08. The molecule has 4 fully saturated rings. The van der Waals surface area contributed by atoms with Gasteiger partial charge in [-0.2, -0.15) is 13.5 Å².